The van der Waals surface area contributed by atoms with Crippen molar-refractivity contribution >= 4 is 41.1 Å². The highest BCUT2D eigenvalue weighted by molar-refractivity contribution is 6.35. The Hall–Kier alpha value is -2.07. The molecule has 1 aromatic rings. The third-order valence-electron chi connectivity index (χ3n) is 5.97. The van der Waals surface area contributed by atoms with Crippen molar-refractivity contribution < 1.29 is 14.3 Å². The van der Waals surface area contributed by atoms with Crippen molar-refractivity contribution in [2.45, 2.75) is 18.8 Å². The molecule has 4 rings (SSSR count). The Bertz CT molecular complexity index is 869. The molecule has 2 fully saturated rings. The number of methoxy groups -OCH3 is 1. The van der Waals surface area contributed by atoms with Gasteiger partial charge in [-0.2, -0.15) is 0 Å². The number of carbonyl (C=O) groups excluding carboxylic acids is 2. The van der Waals surface area contributed by atoms with Crippen LogP contribution in [0.3, 0.4) is 0 Å². The van der Waals surface area contributed by atoms with Crippen molar-refractivity contribution in [1.82, 2.24) is 24.9 Å². The lowest BCUT2D eigenvalue weighted by Gasteiger charge is -2.40. The van der Waals surface area contributed by atoms with Gasteiger partial charge in [0.2, 0.25) is 0 Å². The molecule has 168 valence electrons. The highest BCUT2D eigenvalue weighted by Gasteiger charge is 2.49. The van der Waals surface area contributed by atoms with Crippen LogP contribution in [0.2, 0.25) is 10.0 Å². The summed E-state index contributed by atoms with van der Waals surface area (Å²) in [6.45, 7) is 4.73. The van der Waals surface area contributed by atoms with E-state index < -0.39 is 18.2 Å². The summed E-state index contributed by atoms with van der Waals surface area (Å²) >= 11 is 12.7. The normalized spacial score (nSPS) is 24.4. The number of urea groups is 1. The number of likely N-dealkylation sites (N-methyl/N-ethyl adjacent to an activating group) is 1. The number of amides is 3. The number of nitrogens with one attached hydrogen (secondary N) is 1. The molecule has 0 saturated carbocycles. The number of hydrogen-bond donors (Lipinski definition) is 1. The van der Waals surface area contributed by atoms with E-state index in [0.29, 0.717) is 29.7 Å². The van der Waals surface area contributed by atoms with Crippen molar-refractivity contribution in [3.05, 3.63) is 33.8 Å². The molecule has 3 aliphatic heterocycles. The molecule has 2 atom stereocenters. The van der Waals surface area contributed by atoms with E-state index in [1.54, 1.807) is 14.2 Å². The second-order valence-electron chi connectivity index (χ2n) is 7.84. The van der Waals surface area contributed by atoms with Crippen molar-refractivity contribution in [2.75, 3.05) is 53.5 Å². The van der Waals surface area contributed by atoms with Crippen LogP contribution in [-0.2, 0) is 16.1 Å². The third kappa shape index (κ3) is 4.32. The number of rotatable bonds is 5. The monoisotopic (exact) mass is 468 g/mol. The number of imide groups is 1. The minimum atomic E-state index is -0.548. The smallest absolute Gasteiger partial charge is 0.325 e. The highest BCUT2D eigenvalue weighted by atomic mass is 35.5. The minimum Gasteiger partial charge on any atom is -0.383 e. The van der Waals surface area contributed by atoms with Gasteiger partial charge < -0.3 is 19.4 Å². The van der Waals surface area contributed by atoms with Crippen LogP contribution >= 0.6 is 23.2 Å². The molecule has 0 spiro atoms. The molecule has 1 aromatic carbocycles. The van der Waals surface area contributed by atoms with Crippen LogP contribution in [0.15, 0.2) is 23.2 Å². The Kier molecular flexibility index (Phi) is 6.57. The van der Waals surface area contributed by atoms with Crippen molar-refractivity contribution in [2.24, 2.45) is 4.99 Å². The molecule has 3 heterocycles. The lowest BCUT2D eigenvalue weighted by atomic mass is 10.1. The molecule has 0 bridgehead atoms. The Morgan fingerprint density at radius 2 is 1.84 bits per heavy atom. The van der Waals surface area contributed by atoms with Crippen LogP contribution in [0.1, 0.15) is 5.56 Å². The summed E-state index contributed by atoms with van der Waals surface area (Å²) in [5.74, 6) is 0.411. The molecule has 3 aliphatic rings. The molecule has 11 heteroatoms. The quantitative estimate of drug-likeness (QED) is 0.701. The third-order valence-corrected chi connectivity index (χ3v) is 6.68. The number of guanidine groups is 1. The maximum atomic E-state index is 12.6. The number of piperazine rings is 1. The first-order valence-corrected chi connectivity index (χ1v) is 11.0. The average molecular weight is 469 g/mol. The fourth-order valence-corrected chi connectivity index (χ4v) is 4.73. The van der Waals surface area contributed by atoms with Gasteiger partial charge in [-0.05, 0) is 12.1 Å². The van der Waals surface area contributed by atoms with Crippen molar-refractivity contribution in [3.63, 3.8) is 0 Å². The zero-order valence-corrected chi connectivity index (χ0v) is 19.1. The van der Waals surface area contributed by atoms with Crippen molar-refractivity contribution in [3.8, 4) is 0 Å². The van der Waals surface area contributed by atoms with Crippen molar-refractivity contribution in [1.29, 1.82) is 0 Å². The van der Waals surface area contributed by atoms with Crippen LogP contribution in [0.4, 0.5) is 4.79 Å². The van der Waals surface area contributed by atoms with Gasteiger partial charge in [-0.25, -0.2) is 9.79 Å². The SMILES string of the molecule is COCCN1C(N2CCN(Cc3c(Cl)cccc3Cl)CC2)=NC2C1C(=O)NC(=O)N2C. The van der Waals surface area contributed by atoms with E-state index in [4.69, 9.17) is 32.9 Å². The topological polar surface area (TPSA) is 80.7 Å². The molecule has 2 unspecified atom stereocenters. The van der Waals surface area contributed by atoms with Crippen LogP contribution < -0.4 is 5.32 Å². The van der Waals surface area contributed by atoms with Crippen LogP contribution in [0, 0.1) is 0 Å². The summed E-state index contributed by atoms with van der Waals surface area (Å²) in [4.78, 5) is 37.3. The number of fused-ring (bicyclic) bond motifs is 1. The molecule has 1 N–H and O–H groups in total. The van der Waals surface area contributed by atoms with E-state index in [1.807, 2.05) is 23.1 Å². The summed E-state index contributed by atoms with van der Waals surface area (Å²) in [7, 11) is 3.28. The Morgan fingerprint density at radius 1 is 1.16 bits per heavy atom. The van der Waals surface area contributed by atoms with E-state index in [9.17, 15) is 9.59 Å². The maximum Gasteiger partial charge on any atom is 0.325 e. The maximum absolute atomic E-state index is 12.6. The number of halogens is 2. The van der Waals surface area contributed by atoms with Gasteiger partial charge in [0.15, 0.2) is 18.2 Å². The second-order valence-corrected chi connectivity index (χ2v) is 8.66. The Balaban J connectivity index is 1.47. The number of aliphatic imine (C=N–C) groups is 1. The minimum absolute atomic E-state index is 0.324. The molecule has 0 radical (unpaired) electrons. The van der Waals surface area contributed by atoms with Crippen LogP contribution in [-0.4, -0.2) is 103 Å². The number of hydrogen-bond acceptors (Lipinski definition) is 7. The van der Waals surface area contributed by atoms with Gasteiger partial charge in [-0.1, -0.05) is 29.3 Å². The summed E-state index contributed by atoms with van der Waals surface area (Å²) in [5.41, 5.74) is 0.932. The molecule has 31 heavy (non-hydrogen) atoms. The Labute approximate surface area is 191 Å². The number of ether oxygens (including phenoxy) is 1. The predicted molar refractivity (Wildman–Crippen MR) is 118 cm³/mol. The zero-order chi connectivity index (χ0) is 22.1. The first-order chi connectivity index (χ1) is 14.9. The van der Waals surface area contributed by atoms with Gasteiger partial charge in [-0.15, -0.1) is 0 Å². The van der Waals surface area contributed by atoms with E-state index in [-0.39, 0.29) is 5.91 Å². The molecular formula is C20H26Cl2N6O3. The van der Waals surface area contributed by atoms with E-state index >= 15 is 0 Å². The molecular weight excluding hydrogens is 443 g/mol. The Morgan fingerprint density at radius 3 is 2.48 bits per heavy atom. The fraction of sp³-hybridized carbons (Fsp3) is 0.550. The average Bonchev–Trinajstić information content (AvgIpc) is 3.14. The molecule has 3 amide bonds. The van der Waals surface area contributed by atoms with E-state index in [1.165, 1.54) is 4.90 Å². The lowest BCUT2D eigenvalue weighted by Crippen LogP contribution is -2.65. The van der Waals surface area contributed by atoms with Crippen LogP contribution in [0.5, 0.6) is 0 Å². The molecule has 0 aliphatic carbocycles. The predicted octanol–water partition coefficient (Wildman–Crippen LogP) is 1.31. The highest BCUT2D eigenvalue weighted by Crippen LogP contribution is 2.28. The molecule has 2 saturated heterocycles. The van der Waals surface area contributed by atoms with E-state index in [0.717, 1.165) is 37.7 Å². The van der Waals surface area contributed by atoms with Gasteiger partial charge in [-0.3, -0.25) is 15.0 Å². The van der Waals surface area contributed by atoms with Gasteiger partial charge in [0.05, 0.1) is 6.61 Å². The largest absolute Gasteiger partial charge is 0.383 e. The molecule has 0 aromatic heterocycles. The zero-order valence-electron chi connectivity index (χ0n) is 17.6. The molecule has 9 nitrogen and oxygen atoms in total. The standard InChI is InChI=1S/C20H26Cl2N6O3/c1-25-17-16(18(29)24-20(25)30)28(10-11-31-2)19(23-17)27-8-6-26(7-9-27)12-13-14(21)4-3-5-15(13)22/h3-5,16-17H,6-12H2,1-2H3,(H,24,29,30). The van der Waals surface area contributed by atoms with Gasteiger partial charge in [0.1, 0.15) is 0 Å². The first-order valence-electron chi connectivity index (χ1n) is 10.2. The summed E-state index contributed by atoms with van der Waals surface area (Å²) in [5, 5.41) is 3.76. The number of carbonyl (C=O) groups is 2. The summed E-state index contributed by atoms with van der Waals surface area (Å²) in [6, 6.07) is 4.57. The fourth-order valence-electron chi connectivity index (χ4n) is 4.22. The summed E-state index contributed by atoms with van der Waals surface area (Å²) in [6.07, 6.45) is -0.534. The van der Waals surface area contributed by atoms with E-state index in [2.05, 4.69) is 15.1 Å². The van der Waals surface area contributed by atoms with Gasteiger partial charge in [0.25, 0.3) is 5.91 Å². The van der Waals surface area contributed by atoms with Gasteiger partial charge >= 0.3 is 6.03 Å². The summed E-state index contributed by atoms with van der Waals surface area (Å²) < 4.78 is 5.25. The van der Waals surface area contributed by atoms with Crippen LogP contribution in [0.25, 0.3) is 0 Å². The lowest BCUT2D eigenvalue weighted by molar-refractivity contribution is -0.127. The second kappa shape index (κ2) is 9.20. The van der Waals surface area contributed by atoms with Gasteiger partial charge in [0, 0.05) is 69.0 Å². The first kappa shape index (κ1) is 22.1. The number of benzene rings is 1. The number of nitrogens with zero attached hydrogens (tertiary/aromatic N) is 5.